The predicted octanol–water partition coefficient (Wildman–Crippen LogP) is 5.07. The summed E-state index contributed by atoms with van der Waals surface area (Å²) in [5.41, 5.74) is 2.60. The first-order valence-electron chi connectivity index (χ1n) is 9.89. The zero-order valence-corrected chi connectivity index (χ0v) is 18.0. The molecule has 1 atom stereocenters. The van der Waals surface area contributed by atoms with E-state index in [0.29, 0.717) is 23.9 Å². The van der Waals surface area contributed by atoms with Crippen molar-refractivity contribution in [3.63, 3.8) is 0 Å². The van der Waals surface area contributed by atoms with E-state index in [1.165, 1.54) is 30.0 Å². The molecule has 3 aromatic carbocycles. The van der Waals surface area contributed by atoms with Crippen molar-refractivity contribution in [2.45, 2.75) is 11.4 Å². The van der Waals surface area contributed by atoms with Crippen molar-refractivity contribution < 1.29 is 14.0 Å². The Labute approximate surface area is 188 Å². The molecule has 3 aromatic rings. The number of hydrogen-bond acceptors (Lipinski definition) is 3. The summed E-state index contributed by atoms with van der Waals surface area (Å²) in [6.07, 6.45) is 0. The smallest absolute Gasteiger partial charge is 0.268 e. The van der Waals surface area contributed by atoms with Crippen LogP contribution in [-0.2, 0) is 16.2 Å². The van der Waals surface area contributed by atoms with E-state index in [9.17, 15) is 14.0 Å². The lowest BCUT2D eigenvalue weighted by atomic mass is 10.0. The highest BCUT2D eigenvalue weighted by Crippen LogP contribution is 2.54. The minimum Gasteiger partial charge on any atom is -0.311 e. The predicted molar refractivity (Wildman–Crippen MR) is 121 cm³/mol. The van der Waals surface area contributed by atoms with Crippen LogP contribution in [0, 0.1) is 5.82 Å². The summed E-state index contributed by atoms with van der Waals surface area (Å²) in [5, 5.41) is 0.584. The number of halogens is 2. The molecule has 1 fully saturated rings. The van der Waals surface area contributed by atoms with Crippen LogP contribution in [0.3, 0.4) is 0 Å². The van der Waals surface area contributed by atoms with Crippen molar-refractivity contribution in [3.05, 3.63) is 100 Å². The summed E-state index contributed by atoms with van der Waals surface area (Å²) in [6, 6.07) is 20.5. The minimum absolute atomic E-state index is 0.180. The maximum atomic E-state index is 13.9. The molecule has 156 valence electrons. The third-order valence-corrected chi connectivity index (χ3v) is 7.49. The third-order valence-electron chi connectivity index (χ3n) is 5.70. The first kappa shape index (κ1) is 20.1. The van der Waals surface area contributed by atoms with Crippen molar-refractivity contribution in [1.29, 1.82) is 0 Å². The van der Waals surface area contributed by atoms with Gasteiger partial charge in [0.25, 0.3) is 11.8 Å². The molecule has 1 unspecified atom stereocenters. The van der Waals surface area contributed by atoms with Crippen LogP contribution in [0.2, 0.25) is 5.02 Å². The Morgan fingerprint density at radius 1 is 1.06 bits per heavy atom. The number of carbonyl (C=O) groups is 2. The lowest BCUT2D eigenvalue weighted by molar-refractivity contribution is -0.123. The van der Waals surface area contributed by atoms with Crippen LogP contribution in [0.5, 0.6) is 0 Å². The lowest BCUT2D eigenvalue weighted by Crippen LogP contribution is -2.50. The SMILES string of the molecule is O=C(c1cccc(F)c1)N1CCSC12C(=O)N(Cc1ccccc1Cl)c1ccccc12. The van der Waals surface area contributed by atoms with Gasteiger partial charge in [0.2, 0.25) is 0 Å². The number of benzene rings is 3. The van der Waals surface area contributed by atoms with Gasteiger partial charge in [-0.15, -0.1) is 11.8 Å². The van der Waals surface area contributed by atoms with Crippen LogP contribution in [0.25, 0.3) is 0 Å². The Hall–Kier alpha value is -2.83. The molecule has 0 bridgehead atoms. The second-order valence-electron chi connectivity index (χ2n) is 7.46. The molecule has 0 N–H and O–H groups in total. The molecule has 1 saturated heterocycles. The molecule has 0 radical (unpaired) electrons. The average molecular weight is 453 g/mol. The summed E-state index contributed by atoms with van der Waals surface area (Å²) in [5.74, 6) is -0.403. The first-order chi connectivity index (χ1) is 15.0. The highest BCUT2D eigenvalue weighted by Gasteiger charge is 2.59. The summed E-state index contributed by atoms with van der Waals surface area (Å²) in [6.45, 7) is 0.708. The molecule has 7 heteroatoms. The van der Waals surface area contributed by atoms with Crippen molar-refractivity contribution >= 4 is 40.9 Å². The average Bonchev–Trinajstić information content (AvgIpc) is 3.32. The number of rotatable bonds is 3. The van der Waals surface area contributed by atoms with Crippen molar-refractivity contribution in [3.8, 4) is 0 Å². The molecule has 1 spiro atoms. The zero-order chi connectivity index (χ0) is 21.6. The maximum absolute atomic E-state index is 13.9. The first-order valence-corrected chi connectivity index (χ1v) is 11.2. The van der Waals surface area contributed by atoms with Gasteiger partial charge in [0.15, 0.2) is 4.87 Å². The summed E-state index contributed by atoms with van der Waals surface area (Å²) < 4.78 is 13.8. The summed E-state index contributed by atoms with van der Waals surface area (Å²) >= 11 is 7.80. The molecule has 2 aliphatic rings. The quantitative estimate of drug-likeness (QED) is 0.557. The number of thioether (sulfide) groups is 1. The van der Waals surface area contributed by atoms with E-state index >= 15 is 0 Å². The topological polar surface area (TPSA) is 40.6 Å². The fraction of sp³-hybridized carbons (Fsp3) is 0.167. The molecule has 2 heterocycles. The van der Waals surface area contributed by atoms with E-state index in [1.54, 1.807) is 21.9 Å². The number of anilines is 1. The minimum atomic E-state index is -1.17. The van der Waals surface area contributed by atoms with E-state index in [-0.39, 0.29) is 17.4 Å². The van der Waals surface area contributed by atoms with Crippen LogP contribution in [0.15, 0.2) is 72.8 Å². The summed E-state index contributed by atoms with van der Waals surface area (Å²) in [7, 11) is 0. The van der Waals surface area contributed by atoms with E-state index in [2.05, 4.69) is 0 Å². The number of hydrogen-bond donors (Lipinski definition) is 0. The van der Waals surface area contributed by atoms with E-state index in [1.807, 2.05) is 42.5 Å². The third kappa shape index (κ3) is 3.13. The van der Waals surface area contributed by atoms with Gasteiger partial charge in [-0.1, -0.05) is 54.1 Å². The van der Waals surface area contributed by atoms with Gasteiger partial charge in [0, 0.05) is 28.4 Å². The Morgan fingerprint density at radius 2 is 1.84 bits per heavy atom. The second-order valence-corrected chi connectivity index (χ2v) is 9.15. The molecule has 4 nitrogen and oxygen atoms in total. The fourth-order valence-electron chi connectivity index (χ4n) is 4.30. The molecular formula is C24H18ClFN2O2S. The van der Waals surface area contributed by atoms with Gasteiger partial charge in [-0.05, 0) is 35.9 Å². The van der Waals surface area contributed by atoms with Crippen LogP contribution < -0.4 is 4.90 Å². The number of nitrogens with zero attached hydrogens (tertiary/aromatic N) is 2. The zero-order valence-electron chi connectivity index (χ0n) is 16.4. The number of para-hydroxylation sites is 1. The molecule has 0 aliphatic carbocycles. The van der Waals surface area contributed by atoms with Crippen LogP contribution >= 0.6 is 23.4 Å². The number of carbonyl (C=O) groups excluding carboxylic acids is 2. The van der Waals surface area contributed by atoms with Crippen LogP contribution in [0.1, 0.15) is 21.5 Å². The van der Waals surface area contributed by atoms with E-state index in [0.717, 1.165) is 16.8 Å². The molecule has 0 saturated carbocycles. The normalized spacial score (nSPS) is 19.9. The largest absolute Gasteiger partial charge is 0.311 e. The maximum Gasteiger partial charge on any atom is 0.268 e. The van der Waals surface area contributed by atoms with Gasteiger partial charge in [-0.2, -0.15) is 0 Å². The second kappa shape index (κ2) is 7.70. The van der Waals surface area contributed by atoms with Gasteiger partial charge < -0.3 is 9.80 Å². The molecule has 2 amide bonds. The van der Waals surface area contributed by atoms with Crippen LogP contribution in [0.4, 0.5) is 10.1 Å². The van der Waals surface area contributed by atoms with Gasteiger partial charge in [-0.3, -0.25) is 9.59 Å². The Kier molecular flexibility index (Phi) is 4.99. The highest BCUT2D eigenvalue weighted by molar-refractivity contribution is 8.01. The molecular weight excluding hydrogens is 435 g/mol. The summed E-state index contributed by atoms with van der Waals surface area (Å²) in [4.78, 5) is 29.4. The van der Waals surface area contributed by atoms with Gasteiger partial charge in [0.05, 0.1) is 12.2 Å². The standard InChI is InChI=1S/C24H18ClFN2O2S/c25-20-10-3-1-6-17(20)15-27-21-11-4-2-9-19(21)24(23(27)30)28(12-13-31-24)22(29)16-7-5-8-18(26)14-16/h1-11,14H,12-13,15H2. The van der Waals surface area contributed by atoms with Crippen molar-refractivity contribution in [1.82, 2.24) is 4.90 Å². The molecule has 0 aromatic heterocycles. The Morgan fingerprint density at radius 3 is 2.65 bits per heavy atom. The van der Waals surface area contributed by atoms with E-state index in [4.69, 9.17) is 11.6 Å². The van der Waals surface area contributed by atoms with E-state index < -0.39 is 10.7 Å². The van der Waals surface area contributed by atoms with Gasteiger partial charge >= 0.3 is 0 Å². The Bertz CT molecular complexity index is 1200. The molecule has 31 heavy (non-hydrogen) atoms. The molecule has 2 aliphatic heterocycles. The fourth-order valence-corrected chi connectivity index (χ4v) is 5.96. The Balaban J connectivity index is 1.59. The number of amides is 2. The highest BCUT2D eigenvalue weighted by atomic mass is 35.5. The van der Waals surface area contributed by atoms with Gasteiger partial charge in [0.1, 0.15) is 5.82 Å². The van der Waals surface area contributed by atoms with Crippen LogP contribution in [-0.4, -0.2) is 29.0 Å². The monoisotopic (exact) mass is 452 g/mol. The molecule has 5 rings (SSSR count). The lowest BCUT2D eigenvalue weighted by Gasteiger charge is -2.33. The van der Waals surface area contributed by atoms with Crippen molar-refractivity contribution in [2.24, 2.45) is 0 Å². The van der Waals surface area contributed by atoms with Gasteiger partial charge in [-0.25, -0.2) is 4.39 Å². The van der Waals surface area contributed by atoms with Crippen molar-refractivity contribution in [2.75, 3.05) is 17.2 Å². The number of fused-ring (bicyclic) bond motifs is 2.